The van der Waals surface area contributed by atoms with Crippen LogP contribution in [0.25, 0.3) is 0 Å². The number of hydrogen-bond donors (Lipinski definition) is 2. The number of benzene rings is 2. The second-order valence-corrected chi connectivity index (χ2v) is 6.39. The van der Waals surface area contributed by atoms with Crippen LogP contribution in [-0.2, 0) is 10.0 Å². The Bertz CT molecular complexity index is 766. The van der Waals surface area contributed by atoms with Crippen molar-refractivity contribution < 1.29 is 17.2 Å². The van der Waals surface area contributed by atoms with Crippen LogP contribution < -0.4 is 10.5 Å². The monoisotopic (exact) mass is 362 g/mol. The predicted molar refractivity (Wildman–Crippen MR) is 75.7 cm³/mol. The minimum absolute atomic E-state index is 0.0550. The fraction of sp³-hybridized carbons (Fsp3) is 0. The average Bonchev–Trinajstić information content (AvgIpc) is 2.36. The van der Waals surface area contributed by atoms with Gasteiger partial charge in [-0.1, -0.05) is 12.1 Å². The Morgan fingerprint density at radius 3 is 2.40 bits per heavy atom. The van der Waals surface area contributed by atoms with Crippen molar-refractivity contribution >= 4 is 37.3 Å². The molecule has 4 nitrogen and oxygen atoms in total. The molecule has 0 fully saturated rings. The van der Waals surface area contributed by atoms with Gasteiger partial charge in [-0.15, -0.1) is 0 Å². The summed E-state index contributed by atoms with van der Waals surface area (Å²) < 4.78 is 53.0. The van der Waals surface area contributed by atoms with Gasteiger partial charge < -0.3 is 5.73 Å². The molecular formula is C12H9BrF2N2O2S. The molecule has 0 bridgehead atoms. The minimum atomic E-state index is -4.12. The van der Waals surface area contributed by atoms with Crippen LogP contribution in [0.1, 0.15) is 0 Å². The molecule has 0 spiro atoms. The Balaban J connectivity index is 2.47. The van der Waals surface area contributed by atoms with Crippen molar-refractivity contribution in [1.29, 1.82) is 0 Å². The summed E-state index contributed by atoms with van der Waals surface area (Å²) in [6.45, 7) is 0. The first-order valence-corrected chi connectivity index (χ1v) is 7.61. The maximum Gasteiger partial charge on any atom is 0.264 e. The van der Waals surface area contributed by atoms with E-state index >= 15 is 0 Å². The average molecular weight is 363 g/mol. The van der Waals surface area contributed by atoms with Gasteiger partial charge >= 0.3 is 0 Å². The number of hydrogen-bond acceptors (Lipinski definition) is 3. The molecule has 0 heterocycles. The molecular weight excluding hydrogens is 354 g/mol. The quantitative estimate of drug-likeness (QED) is 0.824. The van der Waals surface area contributed by atoms with E-state index in [-0.39, 0.29) is 20.7 Å². The number of para-hydroxylation sites is 1. The van der Waals surface area contributed by atoms with Crippen molar-refractivity contribution in [3.63, 3.8) is 0 Å². The lowest BCUT2D eigenvalue weighted by atomic mass is 10.3. The van der Waals surface area contributed by atoms with Gasteiger partial charge in [-0.25, -0.2) is 17.2 Å². The summed E-state index contributed by atoms with van der Waals surface area (Å²) in [6.07, 6.45) is 0. The highest BCUT2D eigenvalue weighted by molar-refractivity contribution is 9.10. The molecule has 3 N–H and O–H groups in total. The van der Waals surface area contributed by atoms with Crippen molar-refractivity contribution in [2.45, 2.75) is 4.90 Å². The van der Waals surface area contributed by atoms with E-state index < -0.39 is 21.7 Å². The van der Waals surface area contributed by atoms with Crippen LogP contribution in [0.2, 0.25) is 0 Å². The fourth-order valence-electron chi connectivity index (χ4n) is 1.52. The number of nitrogens with one attached hydrogen (secondary N) is 1. The highest BCUT2D eigenvalue weighted by Crippen LogP contribution is 2.28. The zero-order chi connectivity index (χ0) is 14.9. The number of nitrogen functional groups attached to an aromatic ring is 1. The van der Waals surface area contributed by atoms with Crippen LogP contribution in [0, 0.1) is 11.6 Å². The van der Waals surface area contributed by atoms with Crippen LogP contribution >= 0.6 is 15.9 Å². The summed E-state index contributed by atoms with van der Waals surface area (Å²) in [6, 6.07) is 7.18. The van der Waals surface area contributed by atoms with E-state index in [0.717, 1.165) is 18.2 Å². The Labute approximate surface area is 122 Å². The molecule has 8 heteroatoms. The van der Waals surface area contributed by atoms with Crippen molar-refractivity contribution in [2.24, 2.45) is 0 Å². The first-order valence-electron chi connectivity index (χ1n) is 5.33. The maximum absolute atomic E-state index is 13.5. The van der Waals surface area contributed by atoms with E-state index in [0.29, 0.717) is 0 Å². The first-order chi connectivity index (χ1) is 9.31. The lowest BCUT2D eigenvalue weighted by Gasteiger charge is -2.11. The van der Waals surface area contributed by atoms with Gasteiger partial charge in [0.15, 0.2) is 0 Å². The number of sulfonamides is 1. The molecule has 0 radical (unpaired) electrons. The van der Waals surface area contributed by atoms with E-state index in [1.165, 1.54) is 18.2 Å². The Morgan fingerprint density at radius 1 is 1.10 bits per heavy atom. The van der Waals surface area contributed by atoms with Crippen molar-refractivity contribution in [1.82, 2.24) is 0 Å². The van der Waals surface area contributed by atoms with Crippen LogP contribution in [0.5, 0.6) is 0 Å². The molecule has 0 aromatic heterocycles. The van der Waals surface area contributed by atoms with Gasteiger partial charge in [-0.2, -0.15) is 0 Å². The molecule has 0 saturated carbocycles. The predicted octanol–water partition coefficient (Wildman–Crippen LogP) is 3.11. The molecule has 0 amide bonds. The number of nitrogens with two attached hydrogens (primary N) is 1. The largest absolute Gasteiger partial charge is 0.398 e. The molecule has 0 aliphatic heterocycles. The summed E-state index contributed by atoms with van der Waals surface area (Å²) in [5.41, 5.74) is 5.01. The normalized spacial score (nSPS) is 11.3. The number of rotatable bonds is 3. The molecule has 0 saturated heterocycles. The third-order valence-corrected chi connectivity index (χ3v) is 4.49. The molecule has 2 aromatic carbocycles. The molecule has 0 unspecified atom stereocenters. The van der Waals surface area contributed by atoms with E-state index in [1.54, 1.807) is 0 Å². The van der Waals surface area contributed by atoms with E-state index in [1.807, 2.05) is 0 Å². The smallest absolute Gasteiger partial charge is 0.264 e. The minimum Gasteiger partial charge on any atom is -0.398 e. The van der Waals surface area contributed by atoms with Gasteiger partial charge in [0, 0.05) is 0 Å². The lowest BCUT2D eigenvalue weighted by Crippen LogP contribution is -2.16. The van der Waals surface area contributed by atoms with Crippen LogP contribution in [0.3, 0.4) is 0 Å². The maximum atomic E-state index is 13.5. The molecule has 2 rings (SSSR count). The standard InChI is InChI=1S/C12H9BrF2N2O2S/c13-7-5-12(10(16)6-9(7)15)20(18,19)17-11-4-2-1-3-8(11)14/h1-6,17H,16H2. The van der Waals surface area contributed by atoms with Crippen molar-refractivity contribution in [2.75, 3.05) is 10.5 Å². The Morgan fingerprint density at radius 2 is 1.75 bits per heavy atom. The molecule has 20 heavy (non-hydrogen) atoms. The zero-order valence-electron chi connectivity index (χ0n) is 9.90. The Kier molecular flexibility index (Phi) is 3.96. The van der Waals surface area contributed by atoms with Crippen LogP contribution in [0.4, 0.5) is 20.2 Å². The molecule has 0 atom stereocenters. The second kappa shape index (κ2) is 5.37. The fourth-order valence-corrected chi connectivity index (χ4v) is 3.22. The van der Waals surface area contributed by atoms with E-state index in [4.69, 9.17) is 5.73 Å². The molecule has 2 aromatic rings. The van der Waals surface area contributed by atoms with Crippen molar-refractivity contribution in [3.05, 3.63) is 52.5 Å². The van der Waals surface area contributed by atoms with Gasteiger partial charge in [-0.3, -0.25) is 4.72 Å². The lowest BCUT2D eigenvalue weighted by molar-refractivity contribution is 0.597. The first kappa shape index (κ1) is 14.7. The van der Waals surface area contributed by atoms with Gasteiger partial charge in [0.05, 0.1) is 15.8 Å². The third kappa shape index (κ3) is 2.91. The van der Waals surface area contributed by atoms with Gasteiger partial charge in [-0.05, 0) is 40.2 Å². The summed E-state index contributed by atoms with van der Waals surface area (Å²) >= 11 is 2.88. The highest BCUT2D eigenvalue weighted by Gasteiger charge is 2.21. The SMILES string of the molecule is Nc1cc(F)c(Br)cc1S(=O)(=O)Nc1ccccc1F. The molecule has 0 aliphatic carbocycles. The van der Waals surface area contributed by atoms with Gasteiger partial charge in [0.1, 0.15) is 16.5 Å². The zero-order valence-corrected chi connectivity index (χ0v) is 12.3. The summed E-state index contributed by atoms with van der Waals surface area (Å²) in [4.78, 5) is -0.339. The molecule has 106 valence electrons. The number of halogens is 3. The topological polar surface area (TPSA) is 72.2 Å². The number of anilines is 2. The highest BCUT2D eigenvalue weighted by atomic mass is 79.9. The van der Waals surface area contributed by atoms with Gasteiger partial charge in [0.2, 0.25) is 0 Å². The Hall–Kier alpha value is -1.67. The van der Waals surface area contributed by atoms with E-state index in [2.05, 4.69) is 20.7 Å². The van der Waals surface area contributed by atoms with Crippen LogP contribution in [0.15, 0.2) is 45.8 Å². The summed E-state index contributed by atoms with van der Waals surface area (Å²) in [5.74, 6) is -1.41. The second-order valence-electron chi connectivity index (χ2n) is 3.89. The van der Waals surface area contributed by atoms with E-state index in [9.17, 15) is 17.2 Å². The van der Waals surface area contributed by atoms with Crippen molar-refractivity contribution in [3.8, 4) is 0 Å². The summed E-state index contributed by atoms with van der Waals surface area (Å²) in [5, 5.41) is 0. The summed E-state index contributed by atoms with van der Waals surface area (Å²) in [7, 11) is -4.12. The molecule has 0 aliphatic rings. The van der Waals surface area contributed by atoms with Gasteiger partial charge in [0.25, 0.3) is 10.0 Å². The third-order valence-electron chi connectivity index (χ3n) is 2.46. The van der Waals surface area contributed by atoms with Crippen LogP contribution in [-0.4, -0.2) is 8.42 Å².